The van der Waals surface area contributed by atoms with E-state index in [2.05, 4.69) is 54.0 Å². The number of piperidine rings is 2. The number of hydrogen-bond acceptors (Lipinski definition) is 5. The van der Waals surface area contributed by atoms with Crippen LogP contribution < -0.4 is 4.74 Å². The van der Waals surface area contributed by atoms with E-state index < -0.39 is 0 Å². The van der Waals surface area contributed by atoms with E-state index in [1.807, 2.05) is 18.3 Å². The molecule has 0 amide bonds. The van der Waals surface area contributed by atoms with Gasteiger partial charge in [0.1, 0.15) is 0 Å². The summed E-state index contributed by atoms with van der Waals surface area (Å²) in [7, 11) is 1.57. The Bertz CT molecular complexity index is 904. The largest absolute Gasteiger partial charge is 0.504 e. The summed E-state index contributed by atoms with van der Waals surface area (Å²) in [4.78, 5) is 10.4. The quantitative estimate of drug-likeness (QED) is 0.810. The molecule has 0 aromatic heterocycles. The molecule has 2 aromatic rings. The lowest BCUT2D eigenvalue weighted by molar-refractivity contribution is -0.205. The fourth-order valence-electron chi connectivity index (χ4n) is 6.17. The zero-order valence-corrected chi connectivity index (χ0v) is 17.4. The Morgan fingerprint density at radius 3 is 2.21 bits per heavy atom. The van der Waals surface area contributed by atoms with Gasteiger partial charge in [0.25, 0.3) is 0 Å². The van der Waals surface area contributed by atoms with Crippen LogP contribution in [0.3, 0.4) is 0 Å². The molecule has 29 heavy (non-hydrogen) atoms. The van der Waals surface area contributed by atoms with Gasteiger partial charge >= 0.3 is 0 Å². The van der Waals surface area contributed by atoms with Crippen LogP contribution in [0.25, 0.3) is 0 Å². The predicted octanol–water partition coefficient (Wildman–Crippen LogP) is 3.54. The van der Waals surface area contributed by atoms with Crippen LogP contribution in [0.4, 0.5) is 0 Å². The second-order valence-corrected chi connectivity index (χ2v) is 9.51. The molecule has 152 valence electrons. The molecule has 4 aliphatic rings. The van der Waals surface area contributed by atoms with Crippen LogP contribution >= 0.6 is 0 Å². The van der Waals surface area contributed by atoms with Crippen LogP contribution in [-0.4, -0.2) is 60.5 Å². The highest BCUT2D eigenvalue weighted by Gasteiger charge is 2.62. The monoisotopic (exact) mass is 391 g/mol. The van der Waals surface area contributed by atoms with E-state index >= 15 is 0 Å². The van der Waals surface area contributed by atoms with Crippen LogP contribution in [0.2, 0.25) is 0 Å². The Morgan fingerprint density at radius 1 is 1.00 bits per heavy atom. The highest BCUT2D eigenvalue weighted by molar-refractivity contribution is 5.81. The standard InChI is InChI=1S/C24H29N3O2/c1-23-13-26-15-24(2,16-27(14-23)21(26)18-7-5-4-6-8-18)22(23)25-12-17-9-10-19(28)20(11-17)29-3/h4-12,21-22,28H,13-16H2,1-3H3. The summed E-state index contributed by atoms with van der Waals surface area (Å²) in [6.45, 7) is 9.06. The maximum Gasteiger partial charge on any atom is 0.161 e. The molecule has 4 saturated heterocycles. The Kier molecular flexibility index (Phi) is 4.23. The van der Waals surface area contributed by atoms with E-state index in [0.717, 1.165) is 31.7 Å². The topological polar surface area (TPSA) is 48.3 Å². The molecule has 0 spiro atoms. The molecular weight excluding hydrogens is 362 g/mol. The fourth-order valence-corrected chi connectivity index (χ4v) is 6.17. The number of ether oxygens (including phenoxy) is 1. The fraction of sp³-hybridized carbons (Fsp3) is 0.458. The number of nitrogens with zero attached hydrogens (tertiary/aromatic N) is 3. The van der Waals surface area contributed by atoms with Crippen molar-refractivity contribution in [2.24, 2.45) is 15.8 Å². The van der Waals surface area contributed by atoms with Crippen LogP contribution in [0, 0.1) is 10.8 Å². The number of methoxy groups -OCH3 is 1. The smallest absolute Gasteiger partial charge is 0.161 e. The number of aromatic hydroxyl groups is 1. The molecule has 0 atom stereocenters. The van der Waals surface area contributed by atoms with Crippen LogP contribution in [0.1, 0.15) is 31.1 Å². The average molecular weight is 392 g/mol. The predicted molar refractivity (Wildman–Crippen MR) is 115 cm³/mol. The molecule has 4 aliphatic heterocycles. The summed E-state index contributed by atoms with van der Waals surface area (Å²) in [5, 5.41) is 9.84. The third-order valence-electron chi connectivity index (χ3n) is 6.94. The van der Waals surface area contributed by atoms with E-state index in [1.54, 1.807) is 13.2 Å². The molecule has 1 N–H and O–H groups in total. The summed E-state index contributed by atoms with van der Waals surface area (Å²) in [6, 6.07) is 16.6. The number of aliphatic imine (C=N–C) groups is 1. The molecular formula is C24H29N3O2. The number of benzene rings is 2. The Morgan fingerprint density at radius 2 is 1.62 bits per heavy atom. The minimum atomic E-state index is 0.133. The average Bonchev–Trinajstić information content (AvgIpc) is 2.68. The Balaban J connectivity index is 1.43. The first-order chi connectivity index (χ1) is 13.9. The lowest BCUT2D eigenvalue weighted by atomic mass is 9.59. The van der Waals surface area contributed by atoms with Crippen molar-refractivity contribution in [2.45, 2.75) is 26.1 Å². The van der Waals surface area contributed by atoms with Crippen molar-refractivity contribution < 1.29 is 9.84 Å². The van der Waals surface area contributed by atoms with Crippen LogP contribution in [0.5, 0.6) is 11.5 Å². The van der Waals surface area contributed by atoms with Gasteiger partial charge in [-0.3, -0.25) is 14.8 Å². The van der Waals surface area contributed by atoms with Gasteiger partial charge in [-0.1, -0.05) is 44.2 Å². The third-order valence-corrected chi connectivity index (χ3v) is 6.94. The van der Waals surface area contributed by atoms with Crippen LogP contribution in [0.15, 0.2) is 53.5 Å². The molecule has 4 bridgehead atoms. The molecule has 5 nitrogen and oxygen atoms in total. The first-order valence-corrected chi connectivity index (χ1v) is 10.4. The van der Waals surface area contributed by atoms with Crippen molar-refractivity contribution in [3.05, 3.63) is 59.7 Å². The van der Waals surface area contributed by atoms with Gasteiger partial charge in [0.2, 0.25) is 0 Å². The lowest BCUT2D eigenvalue weighted by Gasteiger charge is -2.68. The third kappa shape index (κ3) is 2.95. The Hall–Kier alpha value is -2.37. The van der Waals surface area contributed by atoms with Gasteiger partial charge in [-0.05, 0) is 29.3 Å². The van der Waals surface area contributed by atoms with Crippen molar-refractivity contribution >= 4 is 6.21 Å². The molecule has 4 heterocycles. The molecule has 0 aliphatic carbocycles. The molecule has 0 saturated carbocycles. The summed E-state index contributed by atoms with van der Waals surface area (Å²) >= 11 is 0. The molecule has 4 fully saturated rings. The number of phenols is 1. The van der Waals surface area contributed by atoms with Crippen molar-refractivity contribution in [2.75, 3.05) is 33.3 Å². The van der Waals surface area contributed by atoms with Crippen molar-refractivity contribution in [3.8, 4) is 11.5 Å². The number of hydrogen-bond donors (Lipinski definition) is 1. The van der Waals surface area contributed by atoms with Gasteiger partial charge in [0, 0.05) is 43.2 Å². The van der Waals surface area contributed by atoms with Crippen molar-refractivity contribution in [1.82, 2.24) is 9.80 Å². The molecule has 2 aromatic carbocycles. The maximum absolute atomic E-state index is 9.84. The minimum absolute atomic E-state index is 0.133. The molecule has 0 radical (unpaired) electrons. The van der Waals surface area contributed by atoms with Gasteiger partial charge in [-0.2, -0.15) is 0 Å². The normalized spacial score (nSPS) is 37.9. The molecule has 6 rings (SSSR count). The first kappa shape index (κ1) is 18.6. The van der Waals surface area contributed by atoms with Crippen LogP contribution in [-0.2, 0) is 0 Å². The summed E-state index contributed by atoms with van der Waals surface area (Å²) in [6.07, 6.45) is 2.36. The van der Waals surface area contributed by atoms with Gasteiger partial charge < -0.3 is 9.84 Å². The number of rotatable bonds is 4. The summed E-state index contributed by atoms with van der Waals surface area (Å²) in [5.74, 6) is 0.644. The maximum atomic E-state index is 9.84. The second-order valence-electron chi connectivity index (χ2n) is 9.51. The SMILES string of the molecule is COc1cc(C=NC2C3(C)CN4CC2(C)CN(C3)C4c2ccccc2)ccc1O. The van der Waals surface area contributed by atoms with Crippen molar-refractivity contribution in [1.29, 1.82) is 0 Å². The Labute approximate surface area is 172 Å². The second kappa shape index (κ2) is 6.57. The van der Waals surface area contributed by atoms with Gasteiger partial charge in [-0.25, -0.2) is 0 Å². The van der Waals surface area contributed by atoms with E-state index in [9.17, 15) is 5.11 Å². The minimum Gasteiger partial charge on any atom is -0.504 e. The van der Waals surface area contributed by atoms with E-state index in [4.69, 9.17) is 9.73 Å². The van der Waals surface area contributed by atoms with Gasteiger partial charge in [0.05, 0.1) is 19.3 Å². The zero-order chi connectivity index (χ0) is 20.2. The van der Waals surface area contributed by atoms with E-state index in [-0.39, 0.29) is 22.6 Å². The molecule has 5 heteroatoms. The lowest BCUT2D eigenvalue weighted by Crippen LogP contribution is -2.76. The zero-order valence-electron chi connectivity index (χ0n) is 17.4. The van der Waals surface area contributed by atoms with Gasteiger partial charge in [-0.15, -0.1) is 0 Å². The summed E-state index contributed by atoms with van der Waals surface area (Å²) < 4.78 is 5.24. The highest BCUT2D eigenvalue weighted by Crippen LogP contribution is 2.55. The van der Waals surface area contributed by atoms with Gasteiger partial charge in [0.15, 0.2) is 11.5 Å². The first-order valence-electron chi connectivity index (χ1n) is 10.4. The van der Waals surface area contributed by atoms with E-state index in [0.29, 0.717) is 11.9 Å². The van der Waals surface area contributed by atoms with Crippen molar-refractivity contribution in [3.63, 3.8) is 0 Å². The number of phenolic OH excluding ortho intramolecular Hbond substituents is 1. The van der Waals surface area contributed by atoms with E-state index in [1.165, 1.54) is 5.56 Å². The highest BCUT2D eigenvalue weighted by atomic mass is 16.5. The summed E-state index contributed by atoms with van der Waals surface area (Å²) in [5.41, 5.74) is 2.63. The molecule has 0 unspecified atom stereocenters.